The average molecular weight is 157 g/mol. The van der Waals surface area contributed by atoms with E-state index in [1.54, 1.807) is 0 Å². The van der Waals surface area contributed by atoms with Crippen LogP contribution in [0.1, 0.15) is 20.8 Å². The average Bonchev–Trinajstić information content (AvgIpc) is 2.31. The van der Waals surface area contributed by atoms with Gasteiger partial charge < -0.3 is 10.5 Å². The van der Waals surface area contributed by atoms with Gasteiger partial charge in [0, 0.05) is 0 Å². The Kier molecular flexibility index (Phi) is 2.55. The first-order valence-electron chi connectivity index (χ1n) is 4.33. The summed E-state index contributed by atoms with van der Waals surface area (Å²) in [7, 11) is 0. The quantitative estimate of drug-likeness (QED) is 0.622. The van der Waals surface area contributed by atoms with Gasteiger partial charge in [0.1, 0.15) is 0 Å². The van der Waals surface area contributed by atoms with Crippen LogP contribution in [0.4, 0.5) is 0 Å². The lowest BCUT2D eigenvalue weighted by Gasteiger charge is -2.29. The van der Waals surface area contributed by atoms with E-state index in [1.165, 1.54) is 0 Å². The van der Waals surface area contributed by atoms with Gasteiger partial charge >= 0.3 is 0 Å². The Bertz CT molecular complexity index is 128. The van der Waals surface area contributed by atoms with Crippen LogP contribution in [0.2, 0.25) is 0 Å². The lowest BCUT2D eigenvalue weighted by atomic mass is 9.75. The lowest BCUT2D eigenvalue weighted by molar-refractivity contribution is 0.151. The number of hydrogen-bond donors (Lipinski definition) is 1. The monoisotopic (exact) mass is 157 g/mol. The summed E-state index contributed by atoms with van der Waals surface area (Å²) in [4.78, 5) is 0. The van der Waals surface area contributed by atoms with Crippen LogP contribution in [0.25, 0.3) is 0 Å². The second kappa shape index (κ2) is 3.11. The first kappa shape index (κ1) is 9.01. The van der Waals surface area contributed by atoms with Crippen molar-refractivity contribution in [3.63, 3.8) is 0 Å². The fourth-order valence-electron chi connectivity index (χ4n) is 1.79. The van der Waals surface area contributed by atoms with Gasteiger partial charge in [0.05, 0.1) is 13.2 Å². The molecule has 1 heterocycles. The third-order valence-electron chi connectivity index (χ3n) is 2.61. The minimum atomic E-state index is 0.348. The molecule has 1 saturated heterocycles. The summed E-state index contributed by atoms with van der Waals surface area (Å²) in [6.07, 6.45) is 0. The number of rotatable bonds is 1. The summed E-state index contributed by atoms with van der Waals surface area (Å²) < 4.78 is 5.41. The van der Waals surface area contributed by atoms with Gasteiger partial charge in [-0.1, -0.05) is 20.8 Å². The highest BCUT2D eigenvalue weighted by atomic mass is 16.5. The van der Waals surface area contributed by atoms with Gasteiger partial charge in [0.15, 0.2) is 0 Å². The molecule has 1 fully saturated rings. The first-order chi connectivity index (χ1) is 5.05. The zero-order chi connectivity index (χ0) is 8.48. The standard InChI is InChI=1S/C9H19NO/c1-9(2,3)8-6-11-5-7(8)4-10/h7-8H,4-6,10H2,1-3H3. The predicted molar refractivity (Wildman–Crippen MR) is 46.3 cm³/mol. The van der Waals surface area contributed by atoms with Crippen molar-refractivity contribution in [3.8, 4) is 0 Å². The molecule has 0 radical (unpaired) electrons. The molecular formula is C9H19NO. The smallest absolute Gasteiger partial charge is 0.0510 e. The molecule has 2 N–H and O–H groups in total. The van der Waals surface area contributed by atoms with E-state index in [9.17, 15) is 0 Å². The highest BCUT2D eigenvalue weighted by molar-refractivity contribution is 4.84. The fraction of sp³-hybridized carbons (Fsp3) is 1.00. The maximum Gasteiger partial charge on any atom is 0.0510 e. The Morgan fingerprint density at radius 2 is 2.00 bits per heavy atom. The third-order valence-corrected chi connectivity index (χ3v) is 2.61. The molecule has 0 aromatic carbocycles. The van der Waals surface area contributed by atoms with Crippen molar-refractivity contribution in [2.45, 2.75) is 20.8 Å². The Labute approximate surface area is 69.1 Å². The molecule has 0 amide bonds. The summed E-state index contributed by atoms with van der Waals surface area (Å²) in [6.45, 7) is 9.30. The Morgan fingerprint density at radius 1 is 1.36 bits per heavy atom. The van der Waals surface area contributed by atoms with Crippen molar-refractivity contribution in [2.24, 2.45) is 23.0 Å². The van der Waals surface area contributed by atoms with E-state index in [4.69, 9.17) is 10.5 Å². The molecule has 0 aromatic rings. The summed E-state index contributed by atoms with van der Waals surface area (Å²) in [5.74, 6) is 1.22. The number of ether oxygens (including phenoxy) is 1. The van der Waals surface area contributed by atoms with Crippen LogP contribution in [-0.4, -0.2) is 19.8 Å². The van der Waals surface area contributed by atoms with E-state index < -0.39 is 0 Å². The zero-order valence-electron chi connectivity index (χ0n) is 7.76. The summed E-state index contributed by atoms with van der Waals surface area (Å²) in [5.41, 5.74) is 5.99. The van der Waals surface area contributed by atoms with E-state index in [1.807, 2.05) is 0 Å². The fourth-order valence-corrected chi connectivity index (χ4v) is 1.79. The van der Waals surface area contributed by atoms with Crippen LogP contribution in [0.5, 0.6) is 0 Å². The molecule has 66 valence electrons. The van der Waals surface area contributed by atoms with Gasteiger partial charge in [-0.15, -0.1) is 0 Å². The SMILES string of the molecule is CC(C)(C)C1COCC1CN. The normalized spacial score (nSPS) is 32.7. The molecular weight excluding hydrogens is 138 g/mol. The minimum Gasteiger partial charge on any atom is -0.381 e. The van der Waals surface area contributed by atoms with Gasteiger partial charge in [-0.3, -0.25) is 0 Å². The van der Waals surface area contributed by atoms with Gasteiger partial charge in [-0.05, 0) is 23.8 Å². The minimum absolute atomic E-state index is 0.348. The Balaban J connectivity index is 2.57. The van der Waals surface area contributed by atoms with Crippen LogP contribution in [0.15, 0.2) is 0 Å². The predicted octanol–water partition coefficient (Wildman–Crippen LogP) is 1.25. The molecule has 2 atom stereocenters. The molecule has 2 heteroatoms. The van der Waals surface area contributed by atoms with E-state index in [0.717, 1.165) is 19.8 Å². The van der Waals surface area contributed by atoms with Crippen LogP contribution in [0.3, 0.4) is 0 Å². The lowest BCUT2D eigenvalue weighted by Crippen LogP contribution is -2.31. The number of hydrogen-bond acceptors (Lipinski definition) is 2. The van der Waals surface area contributed by atoms with Crippen molar-refractivity contribution >= 4 is 0 Å². The molecule has 2 nitrogen and oxygen atoms in total. The van der Waals surface area contributed by atoms with Crippen molar-refractivity contribution in [2.75, 3.05) is 19.8 Å². The molecule has 2 unspecified atom stereocenters. The van der Waals surface area contributed by atoms with E-state index >= 15 is 0 Å². The van der Waals surface area contributed by atoms with E-state index in [-0.39, 0.29) is 0 Å². The van der Waals surface area contributed by atoms with Crippen LogP contribution < -0.4 is 5.73 Å². The molecule has 0 spiro atoms. The summed E-state index contributed by atoms with van der Waals surface area (Å²) >= 11 is 0. The van der Waals surface area contributed by atoms with Crippen LogP contribution >= 0.6 is 0 Å². The van der Waals surface area contributed by atoms with Crippen molar-refractivity contribution in [3.05, 3.63) is 0 Å². The van der Waals surface area contributed by atoms with E-state index in [2.05, 4.69) is 20.8 Å². The first-order valence-corrected chi connectivity index (χ1v) is 4.33. The molecule has 0 aliphatic carbocycles. The van der Waals surface area contributed by atoms with Gasteiger partial charge in [0.2, 0.25) is 0 Å². The Morgan fingerprint density at radius 3 is 2.36 bits per heavy atom. The molecule has 0 saturated carbocycles. The molecule has 1 aliphatic rings. The van der Waals surface area contributed by atoms with Crippen LogP contribution in [-0.2, 0) is 4.74 Å². The van der Waals surface area contributed by atoms with Gasteiger partial charge in [0.25, 0.3) is 0 Å². The zero-order valence-corrected chi connectivity index (χ0v) is 7.76. The van der Waals surface area contributed by atoms with Crippen molar-refractivity contribution in [1.82, 2.24) is 0 Å². The highest BCUT2D eigenvalue weighted by Gasteiger charge is 2.35. The molecule has 0 aromatic heterocycles. The second-order valence-electron chi connectivity index (χ2n) is 4.51. The van der Waals surface area contributed by atoms with Crippen molar-refractivity contribution < 1.29 is 4.74 Å². The highest BCUT2D eigenvalue weighted by Crippen LogP contribution is 2.35. The topological polar surface area (TPSA) is 35.2 Å². The molecule has 11 heavy (non-hydrogen) atoms. The number of nitrogens with two attached hydrogens (primary N) is 1. The van der Waals surface area contributed by atoms with Gasteiger partial charge in [-0.2, -0.15) is 0 Å². The second-order valence-corrected chi connectivity index (χ2v) is 4.51. The van der Waals surface area contributed by atoms with Gasteiger partial charge in [-0.25, -0.2) is 0 Å². The summed E-state index contributed by atoms with van der Waals surface area (Å²) in [6, 6.07) is 0. The largest absolute Gasteiger partial charge is 0.381 e. The van der Waals surface area contributed by atoms with Crippen LogP contribution in [0, 0.1) is 17.3 Å². The Hall–Kier alpha value is -0.0800. The van der Waals surface area contributed by atoms with Crippen molar-refractivity contribution in [1.29, 1.82) is 0 Å². The molecule has 0 bridgehead atoms. The summed E-state index contributed by atoms with van der Waals surface area (Å²) in [5, 5.41) is 0. The maximum atomic E-state index is 5.64. The molecule has 1 rings (SSSR count). The third kappa shape index (κ3) is 1.94. The molecule has 1 aliphatic heterocycles. The maximum absolute atomic E-state index is 5.64. The van der Waals surface area contributed by atoms with E-state index in [0.29, 0.717) is 17.3 Å².